The number of hydrogen-bond donors (Lipinski definition) is 3. The lowest BCUT2D eigenvalue weighted by Crippen LogP contribution is -2.24. The van der Waals surface area contributed by atoms with Crippen LogP contribution in [-0.2, 0) is 9.36 Å². The number of nitrogens with one attached hydrogen (secondary N) is 2. The molecule has 0 aromatic carbocycles. The number of Topliss-reactive ketones (excluding diaryl/α,β-unsaturated/α-hetero) is 1. The van der Waals surface area contributed by atoms with Gasteiger partial charge in [0.2, 0.25) is 0 Å². The number of ketones is 1. The highest BCUT2D eigenvalue weighted by atomic mass is 31.1. The van der Waals surface area contributed by atoms with Crippen LogP contribution < -0.4 is 10.4 Å². The van der Waals surface area contributed by atoms with Crippen LogP contribution in [0.15, 0.2) is 36.5 Å². The van der Waals surface area contributed by atoms with Crippen LogP contribution >= 0.6 is 7.95 Å². The van der Waals surface area contributed by atoms with Crippen molar-refractivity contribution in [2.75, 3.05) is 32.4 Å². The van der Waals surface area contributed by atoms with E-state index in [-0.39, 0.29) is 12.4 Å². The molecule has 168 valence electrons. The zero-order valence-corrected chi connectivity index (χ0v) is 19.3. The van der Waals surface area contributed by atoms with Crippen molar-refractivity contribution in [1.29, 1.82) is 0 Å². The smallest absolute Gasteiger partial charge is 0.146 e. The van der Waals surface area contributed by atoms with E-state index in [9.17, 15) is 9.36 Å². The molecule has 0 saturated heterocycles. The number of carbonyl (C=O) groups is 1. The Morgan fingerprint density at radius 2 is 1.59 bits per heavy atom. The van der Waals surface area contributed by atoms with E-state index >= 15 is 0 Å². The van der Waals surface area contributed by atoms with Gasteiger partial charge in [0, 0.05) is 19.1 Å². The first-order valence-electron chi connectivity index (χ1n) is 11.3. The van der Waals surface area contributed by atoms with Crippen molar-refractivity contribution in [3.8, 4) is 0 Å². The fourth-order valence-electron chi connectivity index (χ4n) is 2.74. The van der Waals surface area contributed by atoms with Crippen LogP contribution in [0.3, 0.4) is 0 Å². The predicted octanol–water partition coefficient (Wildman–Crippen LogP) is 4.79. The molecule has 0 aromatic heterocycles. The van der Waals surface area contributed by atoms with Gasteiger partial charge in [-0.1, -0.05) is 56.2 Å². The molecular formula is C23H43N2O3P. The molecular weight excluding hydrogens is 383 g/mol. The first-order valence-corrected chi connectivity index (χ1v) is 12.9. The zero-order chi connectivity index (χ0) is 21.4. The SMILES string of the molecule is CCC=CCC=CCC=CCCCCCCC(=O)CNCCC[PH](=O)NCCO. The quantitative estimate of drug-likeness (QED) is 0.140. The first-order chi connectivity index (χ1) is 14.2. The molecule has 0 aliphatic heterocycles. The van der Waals surface area contributed by atoms with Gasteiger partial charge in [-0.05, 0) is 51.5 Å². The first kappa shape index (κ1) is 28.0. The fraction of sp³-hybridized carbons (Fsp3) is 0.696. The molecule has 0 amide bonds. The summed E-state index contributed by atoms with van der Waals surface area (Å²) in [5.74, 6) is 0.261. The van der Waals surface area contributed by atoms with Crippen LogP contribution in [-0.4, -0.2) is 43.3 Å². The van der Waals surface area contributed by atoms with Crippen molar-refractivity contribution in [2.45, 2.75) is 71.1 Å². The van der Waals surface area contributed by atoms with Crippen LogP contribution in [0.2, 0.25) is 0 Å². The van der Waals surface area contributed by atoms with Crippen molar-refractivity contribution in [3.05, 3.63) is 36.5 Å². The average molecular weight is 427 g/mol. The normalized spacial score (nSPS) is 13.2. The highest BCUT2D eigenvalue weighted by Gasteiger charge is 2.02. The maximum atomic E-state index is 11.8. The molecule has 3 N–H and O–H groups in total. The van der Waals surface area contributed by atoms with Gasteiger partial charge in [-0.2, -0.15) is 0 Å². The van der Waals surface area contributed by atoms with Gasteiger partial charge in [-0.15, -0.1) is 0 Å². The standard InChI is InChI=1S/C23H43N2O3P/c1-2-3-4-5-6-7-8-9-10-11-12-13-14-15-17-23(27)22-24-18-16-21-29(28)25-19-20-26/h3-4,6-7,9-10,24,26,29H,2,5,8,11-22H2,1H3,(H,25,28). The third-order valence-electron chi connectivity index (χ3n) is 4.37. The maximum absolute atomic E-state index is 11.8. The molecule has 0 aromatic rings. The van der Waals surface area contributed by atoms with Gasteiger partial charge in [-0.25, -0.2) is 0 Å². The summed E-state index contributed by atoms with van der Waals surface area (Å²) in [4.78, 5) is 11.8. The Hall–Kier alpha value is -1.00. The Morgan fingerprint density at radius 3 is 2.31 bits per heavy atom. The topological polar surface area (TPSA) is 78.4 Å². The summed E-state index contributed by atoms with van der Waals surface area (Å²) in [6.07, 6.45) is 24.1. The molecule has 0 spiro atoms. The molecule has 0 heterocycles. The number of allylic oxidation sites excluding steroid dienone is 6. The maximum Gasteiger partial charge on any atom is 0.146 e. The Bertz CT molecular complexity index is 491. The van der Waals surface area contributed by atoms with Crippen LogP contribution in [0.25, 0.3) is 0 Å². The van der Waals surface area contributed by atoms with Gasteiger partial charge in [0.1, 0.15) is 13.7 Å². The van der Waals surface area contributed by atoms with E-state index in [4.69, 9.17) is 5.11 Å². The van der Waals surface area contributed by atoms with E-state index in [1.165, 1.54) is 12.8 Å². The third kappa shape index (κ3) is 23.1. The number of aliphatic hydroxyl groups excluding tert-OH is 1. The van der Waals surface area contributed by atoms with Crippen molar-refractivity contribution < 1.29 is 14.5 Å². The van der Waals surface area contributed by atoms with Crippen LogP contribution in [0.1, 0.15) is 71.1 Å². The molecule has 0 aliphatic carbocycles. The monoisotopic (exact) mass is 426 g/mol. The minimum atomic E-state index is -1.78. The molecule has 0 fully saturated rings. The molecule has 1 unspecified atom stereocenters. The number of rotatable bonds is 21. The summed E-state index contributed by atoms with van der Waals surface area (Å²) in [5, 5.41) is 14.6. The Balaban J connectivity index is 3.38. The van der Waals surface area contributed by atoms with Gasteiger partial charge in [0.05, 0.1) is 13.2 Å². The van der Waals surface area contributed by atoms with E-state index < -0.39 is 7.95 Å². The zero-order valence-electron chi connectivity index (χ0n) is 18.3. The molecule has 29 heavy (non-hydrogen) atoms. The van der Waals surface area contributed by atoms with E-state index in [1.54, 1.807) is 0 Å². The highest BCUT2D eigenvalue weighted by Crippen LogP contribution is 2.14. The van der Waals surface area contributed by atoms with Crippen LogP contribution in [0.5, 0.6) is 0 Å². The molecule has 5 nitrogen and oxygen atoms in total. The van der Waals surface area contributed by atoms with Crippen molar-refractivity contribution in [2.24, 2.45) is 0 Å². The Kier molecular flexibility index (Phi) is 22.5. The lowest BCUT2D eigenvalue weighted by atomic mass is 10.1. The summed E-state index contributed by atoms with van der Waals surface area (Å²) in [6, 6.07) is 0. The second-order valence-electron chi connectivity index (χ2n) is 7.14. The summed E-state index contributed by atoms with van der Waals surface area (Å²) >= 11 is 0. The molecule has 0 saturated carbocycles. The summed E-state index contributed by atoms with van der Waals surface area (Å²) in [6.45, 7) is 3.66. The minimum absolute atomic E-state index is 0.00881. The molecule has 0 aliphatic rings. The number of hydrogen-bond acceptors (Lipinski definition) is 4. The van der Waals surface area contributed by atoms with Gasteiger partial charge >= 0.3 is 0 Å². The van der Waals surface area contributed by atoms with Crippen LogP contribution in [0, 0.1) is 0 Å². The van der Waals surface area contributed by atoms with E-state index in [0.717, 1.165) is 44.9 Å². The predicted molar refractivity (Wildman–Crippen MR) is 126 cm³/mol. The third-order valence-corrected chi connectivity index (χ3v) is 5.82. The Morgan fingerprint density at radius 1 is 0.897 bits per heavy atom. The second-order valence-corrected chi connectivity index (χ2v) is 8.84. The van der Waals surface area contributed by atoms with Gasteiger partial charge in [0.15, 0.2) is 0 Å². The highest BCUT2D eigenvalue weighted by molar-refractivity contribution is 7.42. The summed E-state index contributed by atoms with van der Waals surface area (Å²) in [7, 11) is -1.78. The number of unbranched alkanes of at least 4 members (excludes halogenated alkanes) is 4. The van der Waals surface area contributed by atoms with Crippen LogP contribution in [0.4, 0.5) is 0 Å². The van der Waals surface area contributed by atoms with Gasteiger partial charge < -0.3 is 15.0 Å². The largest absolute Gasteiger partial charge is 0.395 e. The van der Waals surface area contributed by atoms with Crippen molar-refractivity contribution in [3.63, 3.8) is 0 Å². The minimum Gasteiger partial charge on any atom is -0.395 e. The van der Waals surface area contributed by atoms with Crippen molar-refractivity contribution >= 4 is 13.7 Å². The molecule has 0 rings (SSSR count). The number of carbonyl (C=O) groups excluding carboxylic acids is 1. The molecule has 6 heteroatoms. The molecule has 0 bridgehead atoms. The average Bonchev–Trinajstić information content (AvgIpc) is 2.72. The summed E-state index contributed by atoms with van der Waals surface area (Å²) in [5.41, 5.74) is 0. The second kappa shape index (κ2) is 23.3. The van der Waals surface area contributed by atoms with Gasteiger partial charge in [-0.3, -0.25) is 9.88 Å². The van der Waals surface area contributed by atoms with Gasteiger partial charge in [0.25, 0.3) is 0 Å². The lowest BCUT2D eigenvalue weighted by molar-refractivity contribution is -0.118. The van der Waals surface area contributed by atoms with E-state index in [0.29, 0.717) is 32.2 Å². The molecule has 0 radical (unpaired) electrons. The van der Waals surface area contributed by atoms with E-state index in [2.05, 4.69) is 53.8 Å². The van der Waals surface area contributed by atoms with E-state index in [1.807, 2.05) is 0 Å². The molecule has 1 atom stereocenters. The Labute approximate surface area is 179 Å². The van der Waals surface area contributed by atoms with Crippen molar-refractivity contribution in [1.82, 2.24) is 10.4 Å². The fourth-order valence-corrected chi connectivity index (χ4v) is 3.80. The summed E-state index contributed by atoms with van der Waals surface area (Å²) < 4.78 is 11.5. The lowest BCUT2D eigenvalue weighted by Gasteiger charge is -2.05. The number of aliphatic hydroxyl groups is 1.